The second-order valence-electron chi connectivity index (χ2n) is 18.0. The lowest BCUT2D eigenvalue weighted by atomic mass is 9.75. The van der Waals surface area contributed by atoms with Gasteiger partial charge in [-0.3, -0.25) is 19.2 Å². The second kappa shape index (κ2) is 15.7. The van der Waals surface area contributed by atoms with Crippen LogP contribution in [0, 0.1) is 40.4 Å². The van der Waals surface area contributed by atoms with Crippen LogP contribution in [0.2, 0.25) is 0 Å². The van der Waals surface area contributed by atoms with Crippen molar-refractivity contribution in [1.82, 2.24) is 24.1 Å². The highest BCUT2D eigenvalue weighted by Gasteiger charge is 2.52. The molecule has 284 valence electrons. The number of likely N-dealkylation sites (N-methyl/N-ethyl adjacent to an activating group) is 1. The van der Waals surface area contributed by atoms with Crippen molar-refractivity contribution in [1.29, 1.82) is 0 Å². The Morgan fingerprint density at radius 2 is 1.44 bits per heavy atom. The van der Waals surface area contributed by atoms with E-state index >= 15 is 0 Å². The van der Waals surface area contributed by atoms with E-state index in [4.69, 9.17) is 0 Å². The van der Waals surface area contributed by atoms with Crippen molar-refractivity contribution >= 4 is 39.5 Å². The number of rotatable bonds is 16. The Hall–Kier alpha value is -2.38. The number of fused-ring (bicyclic) bond motifs is 1. The molecule has 1 saturated heterocycles. The summed E-state index contributed by atoms with van der Waals surface area (Å²) in [6, 6.07) is -2.87. The van der Waals surface area contributed by atoms with Crippen molar-refractivity contribution in [2.75, 3.05) is 34.2 Å². The van der Waals surface area contributed by atoms with Crippen LogP contribution < -0.4 is 10.6 Å². The topological polar surface area (TPSA) is 153 Å². The first-order valence-corrected chi connectivity index (χ1v) is 20.1. The fourth-order valence-corrected chi connectivity index (χ4v) is 8.84. The Morgan fingerprint density at radius 3 is 1.96 bits per heavy atom. The van der Waals surface area contributed by atoms with Crippen molar-refractivity contribution in [2.45, 2.75) is 130 Å². The van der Waals surface area contributed by atoms with E-state index in [9.17, 15) is 32.4 Å². The molecule has 0 aromatic heterocycles. The molecule has 0 radical (unpaired) electrons. The van der Waals surface area contributed by atoms with Gasteiger partial charge in [0.25, 0.3) is 10.2 Å². The van der Waals surface area contributed by atoms with Crippen LogP contribution in [0.5, 0.6) is 0 Å². The first-order chi connectivity index (χ1) is 23.1. The molecule has 50 heavy (non-hydrogen) atoms. The number of nitrogens with one attached hydrogen (secondary N) is 2. The number of Topliss-reactive ketones (excluding diaryl/α,β-unsaturated/α-hetero) is 3. The molecule has 3 aliphatic carbocycles. The second-order valence-corrected chi connectivity index (χ2v) is 20.3. The molecule has 2 N–H and O–H groups in total. The quantitative estimate of drug-likeness (QED) is 0.227. The number of urea groups is 1. The fourth-order valence-electron chi connectivity index (χ4n) is 7.95. The summed E-state index contributed by atoms with van der Waals surface area (Å²) in [4.78, 5) is 70.6. The average Bonchev–Trinajstić information content (AvgIpc) is 3.54. The molecular weight excluding hydrogens is 659 g/mol. The predicted molar refractivity (Wildman–Crippen MR) is 192 cm³/mol. The normalized spacial score (nSPS) is 24.8. The molecule has 1 aliphatic heterocycles. The van der Waals surface area contributed by atoms with Gasteiger partial charge in [-0.05, 0) is 66.6 Å². The minimum atomic E-state index is -3.73. The molecule has 4 rings (SSSR count). The van der Waals surface area contributed by atoms with Crippen molar-refractivity contribution in [3.8, 4) is 0 Å². The minimum Gasteiger partial charge on any atom is -0.334 e. The largest absolute Gasteiger partial charge is 0.334 e. The molecule has 0 spiro atoms. The molecule has 1 heterocycles. The van der Waals surface area contributed by atoms with Gasteiger partial charge in [0.05, 0.1) is 6.04 Å². The minimum absolute atomic E-state index is 0.0121. The lowest BCUT2D eigenvalue weighted by Gasteiger charge is -2.38. The number of carbonyl (C=O) groups excluding carboxylic acids is 5. The maximum absolute atomic E-state index is 14.5. The van der Waals surface area contributed by atoms with E-state index in [0.717, 1.165) is 55.7 Å². The van der Waals surface area contributed by atoms with E-state index in [1.807, 2.05) is 41.5 Å². The highest BCUT2D eigenvalue weighted by atomic mass is 32.2. The Bertz CT molecular complexity index is 1390. The summed E-state index contributed by atoms with van der Waals surface area (Å²) < 4.78 is 27.8. The molecule has 12 nitrogen and oxygen atoms in total. The molecular formula is C37H63N5O7S. The fraction of sp³-hybridized carbons (Fsp3) is 0.865. The molecule has 13 heteroatoms. The third-order valence-corrected chi connectivity index (χ3v) is 13.5. The first kappa shape index (κ1) is 40.4. The number of hydrogen-bond donors (Lipinski definition) is 2. The maximum Gasteiger partial charge on any atom is 0.315 e. The van der Waals surface area contributed by atoms with Crippen molar-refractivity contribution in [2.24, 2.45) is 40.4 Å². The molecule has 3 saturated carbocycles. The highest BCUT2D eigenvalue weighted by Crippen LogP contribution is 2.44. The third kappa shape index (κ3) is 9.73. The van der Waals surface area contributed by atoms with Gasteiger partial charge in [0.15, 0.2) is 11.6 Å². The molecule has 4 fully saturated rings. The molecule has 0 aromatic rings. The Labute approximate surface area is 300 Å². The summed E-state index contributed by atoms with van der Waals surface area (Å²) in [5, 5.41) is 5.84. The predicted octanol–water partition coefficient (Wildman–Crippen LogP) is 4.18. The number of carbonyl (C=O) groups is 5. The van der Waals surface area contributed by atoms with Crippen LogP contribution in [0.25, 0.3) is 0 Å². The van der Waals surface area contributed by atoms with Crippen LogP contribution in [0.15, 0.2) is 0 Å². The number of nitrogens with zero attached hydrogens (tertiary/aromatic N) is 3. The van der Waals surface area contributed by atoms with E-state index in [1.165, 1.54) is 25.4 Å². The standard InChI is InChI=1S/C37H63N5O7S/c1-36(2,3)30(22-41(9)50(48,49)40(7)8)38-35(47)39-33(37(4,5)6)34(46)42-21-25-14-11-15-27(25)31(42)28(43)20-26(18-23-12-10-13-23)32(45)29(44)19-24-16-17-24/h23-27,30-31,33H,10-22H2,1-9H3,(H2,38,39,47)/t25-,26?,27-,30+,31-,33+/m0/s1. The van der Waals surface area contributed by atoms with Gasteiger partial charge in [0.1, 0.15) is 6.04 Å². The third-order valence-electron chi connectivity index (χ3n) is 11.6. The van der Waals surface area contributed by atoms with Gasteiger partial charge in [-0.15, -0.1) is 0 Å². The molecule has 4 aliphatic rings. The van der Waals surface area contributed by atoms with E-state index < -0.39 is 56.9 Å². The number of hydrogen-bond acceptors (Lipinski definition) is 7. The Morgan fingerprint density at radius 1 is 0.820 bits per heavy atom. The van der Waals surface area contributed by atoms with Gasteiger partial charge in [-0.2, -0.15) is 17.0 Å². The van der Waals surface area contributed by atoms with Crippen LogP contribution in [0.4, 0.5) is 4.79 Å². The van der Waals surface area contributed by atoms with Gasteiger partial charge in [-0.1, -0.05) is 67.2 Å². The highest BCUT2D eigenvalue weighted by molar-refractivity contribution is 7.86. The molecule has 6 atom stereocenters. The van der Waals surface area contributed by atoms with Gasteiger partial charge in [-0.25, -0.2) is 4.79 Å². The van der Waals surface area contributed by atoms with Crippen LogP contribution in [-0.2, 0) is 29.4 Å². The summed E-state index contributed by atoms with van der Waals surface area (Å²) in [7, 11) is 0.632. The zero-order chi connectivity index (χ0) is 37.3. The summed E-state index contributed by atoms with van der Waals surface area (Å²) in [5.41, 5.74) is -1.24. The SMILES string of the molecule is CN(C)S(=O)(=O)N(C)C[C@@H](NC(=O)N[C@H](C(=O)N1C[C@@H]2CCC[C@@H]2[C@H]1C(=O)CC(CC1CCC1)C(=O)C(=O)CC1CC1)C(C)(C)C)C(C)(C)C. The summed E-state index contributed by atoms with van der Waals surface area (Å²) in [6.45, 7) is 11.7. The van der Waals surface area contributed by atoms with E-state index in [0.29, 0.717) is 24.8 Å². The van der Waals surface area contributed by atoms with Gasteiger partial charge in [0.2, 0.25) is 11.7 Å². The zero-order valence-corrected chi connectivity index (χ0v) is 32.7. The van der Waals surface area contributed by atoms with Crippen LogP contribution >= 0.6 is 0 Å². The molecule has 0 aromatic carbocycles. The lowest BCUT2D eigenvalue weighted by Crippen LogP contribution is -2.61. The zero-order valence-electron chi connectivity index (χ0n) is 31.9. The van der Waals surface area contributed by atoms with E-state index in [1.54, 1.807) is 4.90 Å². The van der Waals surface area contributed by atoms with E-state index in [-0.39, 0.29) is 48.7 Å². The Kier molecular flexibility index (Phi) is 12.7. The molecule has 3 amide bonds. The number of ketones is 3. The summed E-state index contributed by atoms with van der Waals surface area (Å²) in [6.07, 6.45) is 8.54. The number of amides is 3. The smallest absolute Gasteiger partial charge is 0.315 e. The summed E-state index contributed by atoms with van der Waals surface area (Å²) in [5.74, 6) is -1.13. The average molecular weight is 722 g/mol. The summed E-state index contributed by atoms with van der Waals surface area (Å²) >= 11 is 0. The Balaban J connectivity index is 1.53. The van der Waals surface area contributed by atoms with Crippen molar-refractivity contribution in [3.63, 3.8) is 0 Å². The lowest BCUT2D eigenvalue weighted by molar-refractivity contribution is -0.144. The van der Waals surface area contributed by atoms with Crippen LogP contribution in [-0.4, -0.2) is 104 Å². The van der Waals surface area contributed by atoms with Gasteiger partial charge < -0.3 is 15.5 Å². The van der Waals surface area contributed by atoms with Crippen LogP contribution in [0.3, 0.4) is 0 Å². The maximum atomic E-state index is 14.5. The van der Waals surface area contributed by atoms with Crippen LogP contribution in [0.1, 0.15) is 112 Å². The first-order valence-electron chi connectivity index (χ1n) is 18.7. The van der Waals surface area contributed by atoms with Crippen molar-refractivity contribution in [3.05, 3.63) is 0 Å². The van der Waals surface area contributed by atoms with Gasteiger partial charge in [0, 0.05) is 59.0 Å². The number of likely N-dealkylation sites (tertiary alicyclic amines) is 1. The molecule has 1 unspecified atom stereocenters. The van der Waals surface area contributed by atoms with E-state index in [2.05, 4.69) is 10.6 Å². The van der Waals surface area contributed by atoms with Crippen molar-refractivity contribution < 1.29 is 32.4 Å². The van der Waals surface area contributed by atoms with Gasteiger partial charge >= 0.3 is 6.03 Å². The molecule has 0 bridgehead atoms. The monoisotopic (exact) mass is 721 g/mol.